The van der Waals surface area contributed by atoms with Gasteiger partial charge in [0, 0.05) is 44.5 Å². The Balaban J connectivity index is 1.46. The molecule has 3 N–H and O–H groups in total. The molecule has 1 fully saturated rings. The van der Waals surface area contributed by atoms with Crippen molar-refractivity contribution in [3.63, 3.8) is 0 Å². The van der Waals surface area contributed by atoms with Gasteiger partial charge in [0.25, 0.3) is 0 Å². The lowest BCUT2D eigenvalue weighted by molar-refractivity contribution is -0.136. The van der Waals surface area contributed by atoms with E-state index < -0.39 is 0 Å². The van der Waals surface area contributed by atoms with Crippen molar-refractivity contribution in [3.8, 4) is 5.75 Å². The molecule has 0 atom stereocenters. The van der Waals surface area contributed by atoms with Crippen LogP contribution in [-0.4, -0.2) is 61.1 Å². The first-order valence-electron chi connectivity index (χ1n) is 10.7. The molecule has 0 unspecified atom stereocenters. The van der Waals surface area contributed by atoms with Gasteiger partial charge in [0.2, 0.25) is 11.9 Å². The predicted octanol–water partition coefficient (Wildman–Crippen LogP) is 3.64. The van der Waals surface area contributed by atoms with Gasteiger partial charge in [-0.2, -0.15) is 4.98 Å². The van der Waals surface area contributed by atoms with E-state index >= 15 is 0 Å². The standard InChI is InChI=1S/C22H31BrN6O2/c1-24-12-14-31-18-9-7-17(8-10-18)27-22-26-15-19(23)20(28-22)25-11-4-13-29(2)21(30)16-5-3-6-16/h7-10,15-16,24H,3-6,11-14H2,1-2H3,(H2,25,26,27,28). The molecule has 0 spiro atoms. The van der Waals surface area contributed by atoms with Crippen LogP contribution >= 0.6 is 15.9 Å². The van der Waals surface area contributed by atoms with Crippen molar-refractivity contribution in [2.24, 2.45) is 5.92 Å². The number of aromatic nitrogens is 2. The van der Waals surface area contributed by atoms with Crippen LogP contribution in [-0.2, 0) is 4.79 Å². The van der Waals surface area contributed by atoms with E-state index in [2.05, 4.69) is 41.8 Å². The van der Waals surface area contributed by atoms with Crippen LogP contribution in [0, 0.1) is 5.92 Å². The van der Waals surface area contributed by atoms with Crippen LogP contribution in [0.15, 0.2) is 34.9 Å². The first kappa shape index (κ1) is 23.3. The van der Waals surface area contributed by atoms with Crippen molar-refractivity contribution in [2.75, 3.05) is 51.0 Å². The zero-order valence-electron chi connectivity index (χ0n) is 18.2. The molecule has 0 radical (unpaired) electrons. The predicted molar refractivity (Wildman–Crippen MR) is 127 cm³/mol. The number of hydrogen-bond acceptors (Lipinski definition) is 7. The molecule has 0 saturated heterocycles. The summed E-state index contributed by atoms with van der Waals surface area (Å²) in [4.78, 5) is 22.9. The van der Waals surface area contributed by atoms with E-state index in [1.165, 1.54) is 6.42 Å². The highest BCUT2D eigenvalue weighted by Crippen LogP contribution is 2.28. The maximum Gasteiger partial charge on any atom is 0.229 e. The summed E-state index contributed by atoms with van der Waals surface area (Å²) in [7, 11) is 3.79. The van der Waals surface area contributed by atoms with Crippen molar-refractivity contribution in [2.45, 2.75) is 25.7 Å². The molecule has 0 bridgehead atoms. The number of nitrogens with one attached hydrogen (secondary N) is 3. The van der Waals surface area contributed by atoms with E-state index in [0.717, 1.165) is 60.6 Å². The molecule has 0 aliphatic heterocycles. The van der Waals surface area contributed by atoms with Gasteiger partial charge >= 0.3 is 0 Å². The highest BCUT2D eigenvalue weighted by Gasteiger charge is 2.27. The highest BCUT2D eigenvalue weighted by atomic mass is 79.9. The zero-order chi connectivity index (χ0) is 22.1. The zero-order valence-corrected chi connectivity index (χ0v) is 19.7. The fourth-order valence-electron chi connectivity index (χ4n) is 3.19. The number of carbonyl (C=O) groups excluding carboxylic acids is 1. The lowest BCUT2D eigenvalue weighted by Crippen LogP contribution is -2.37. The van der Waals surface area contributed by atoms with E-state index in [1.807, 2.05) is 43.3 Å². The number of anilines is 3. The summed E-state index contributed by atoms with van der Waals surface area (Å²) in [6.07, 6.45) is 5.83. The third-order valence-corrected chi connectivity index (χ3v) is 5.85. The average Bonchev–Trinajstić information content (AvgIpc) is 2.73. The second kappa shape index (κ2) is 11.9. The Morgan fingerprint density at radius 3 is 2.71 bits per heavy atom. The number of halogens is 1. The molecule has 31 heavy (non-hydrogen) atoms. The summed E-state index contributed by atoms with van der Waals surface area (Å²) in [6, 6.07) is 7.69. The van der Waals surface area contributed by atoms with Crippen LogP contribution in [0.1, 0.15) is 25.7 Å². The lowest BCUT2D eigenvalue weighted by atomic mass is 9.84. The summed E-state index contributed by atoms with van der Waals surface area (Å²) in [6.45, 7) is 2.88. The lowest BCUT2D eigenvalue weighted by Gasteiger charge is -2.29. The Labute approximate surface area is 192 Å². The van der Waals surface area contributed by atoms with Crippen LogP contribution in [0.3, 0.4) is 0 Å². The second-order valence-electron chi connectivity index (χ2n) is 7.66. The van der Waals surface area contributed by atoms with Crippen LogP contribution in [0.4, 0.5) is 17.5 Å². The van der Waals surface area contributed by atoms with Gasteiger partial charge in [-0.25, -0.2) is 4.98 Å². The van der Waals surface area contributed by atoms with E-state index in [9.17, 15) is 4.79 Å². The highest BCUT2D eigenvalue weighted by molar-refractivity contribution is 9.10. The number of amides is 1. The quantitative estimate of drug-likeness (QED) is 0.391. The summed E-state index contributed by atoms with van der Waals surface area (Å²) < 4.78 is 6.43. The molecule has 1 aliphatic carbocycles. The Morgan fingerprint density at radius 1 is 1.26 bits per heavy atom. The Hall–Kier alpha value is -2.39. The van der Waals surface area contributed by atoms with E-state index in [4.69, 9.17) is 4.74 Å². The molecule has 1 aromatic heterocycles. The minimum Gasteiger partial charge on any atom is -0.492 e. The van der Waals surface area contributed by atoms with Crippen molar-refractivity contribution in [1.29, 1.82) is 0 Å². The van der Waals surface area contributed by atoms with Gasteiger partial charge in [-0.3, -0.25) is 4.79 Å². The molecule has 9 heteroatoms. The van der Waals surface area contributed by atoms with Crippen molar-refractivity contribution < 1.29 is 9.53 Å². The van der Waals surface area contributed by atoms with E-state index in [-0.39, 0.29) is 11.8 Å². The first-order valence-corrected chi connectivity index (χ1v) is 11.5. The monoisotopic (exact) mass is 490 g/mol. The molecule has 1 saturated carbocycles. The molecular formula is C22H31BrN6O2. The SMILES string of the molecule is CNCCOc1ccc(Nc2ncc(Br)c(NCCCN(C)C(=O)C3CCC3)n2)cc1. The smallest absolute Gasteiger partial charge is 0.229 e. The molecule has 2 aromatic rings. The van der Waals surface area contributed by atoms with Gasteiger partial charge in [0.1, 0.15) is 18.2 Å². The topological polar surface area (TPSA) is 91.4 Å². The summed E-state index contributed by atoms with van der Waals surface area (Å²) >= 11 is 3.49. The second-order valence-corrected chi connectivity index (χ2v) is 8.51. The molecule has 3 rings (SSSR count). The minimum absolute atomic E-state index is 0.247. The Kier molecular flexibility index (Phi) is 8.90. The normalized spacial score (nSPS) is 13.4. The van der Waals surface area contributed by atoms with Crippen LogP contribution in [0.25, 0.3) is 0 Å². The fourth-order valence-corrected chi connectivity index (χ4v) is 3.52. The van der Waals surface area contributed by atoms with E-state index in [1.54, 1.807) is 6.20 Å². The van der Waals surface area contributed by atoms with Gasteiger partial charge in [0.15, 0.2) is 0 Å². The van der Waals surface area contributed by atoms with Gasteiger partial charge in [-0.05, 0) is 66.5 Å². The van der Waals surface area contributed by atoms with Gasteiger partial charge in [0.05, 0.1) is 4.47 Å². The molecule has 1 amide bonds. The summed E-state index contributed by atoms with van der Waals surface area (Å²) in [5.41, 5.74) is 0.880. The van der Waals surface area contributed by atoms with Crippen molar-refractivity contribution >= 4 is 39.3 Å². The number of carbonyl (C=O) groups is 1. The number of benzene rings is 1. The largest absolute Gasteiger partial charge is 0.492 e. The van der Waals surface area contributed by atoms with Gasteiger partial charge in [-0.1, -0.05) is 6.42 Å². The van der Waals surface area contributed by atoms with E-state index in [0.29, 0.717) is 12.6 Å². The van der Waals surface area contributed by atoms with Gasteiger partial charge < -0.3 is 25.6 Å². The van der Waals surface area contributed by atoms with Crippen molar-refractivity contribution in [3.05, 3.63) is 34.9 Å². The van der Waals surface area contributed by atoms with Crippen LogP contribution in [0.2, 0.25) is 0 Å². The number of likely N-dealkylation sites (N-methyl/N-ethyl adjacent to an activating group) is 1. The number of rotatable bonds is 12. The molecular weight excluding hydrogens is 460 g/mol. The summed E-state index contributed by atoms with van der Waals surface area (Å²) in [5.74, 6) is 2.57. The van der Waals surface area contributed by atoms with Crippen LogP contribution < -0.4 is 20.7 Å². The first-order chi connectivity index (χ1) is 15.1. The third-order valence-electron chi connectivity index (χ3n) is 5.27. The summed E-state index contributed by atoms with van der Waals surface area (Å²) in [5, 5.41) is 9.59. The van der Waals surface area contributed by atoms with Crippen LogP contribution in [0.5, 0.6) is 5.75 Å². The number of ether oxygens (including phenoxy) is 1. The third kappa shape index (κ3) is 7.07. The molecule has 1 aromatic carbocycles. The fraction of sp³-hybridized carbons (Fsp3) is 0.500. The Bertz CT molecular complexity index is 844. The molecule has 1 heterocycles. The maximum absolute atomic E-state index is 12.2. The van der Waals surface area contributed by atoms with Gasteiger partial charge in [-0.15, -0.1) is 0 Å². The minimum atomic E-state index is 0.247. The average molecular weight is 491 g/mol. The molecule has 8 nitrogen and oxygen atoms in total. The molecule has 168 valence electrons. The Morgan fingerprint density at radius 2 is 2.03 bits per heavy atom. The maximum atomic E-state index is 12.2. The molecule has 1 aliphatic rings. The number of hydrogen-bond donors (Lipinski definition) is 3. The van der Waals surface area contributed by atoms with Crippen molar-refractivity contribution in [1.82, 2.24) is 20.2 Å². The number of nitrogens with zero attached hydrogens (tertiary/aromatic N) is 3.